The van der Waals surface area contributed by atoms with Crippen LogP contribution in [0.4, 0.5) is 5.95 Å². The fraction of sp³-hybridized carbons (Fsp3) is 0.231. The lowest BCUT2D eigenvalue weighted by Crippen LogP contribution is -2.20. The topological polar surface area (TPSA) is 72.9 Å². The number of anilines is 1. The molecule has 3 aromatic heterocycles. The zero-order valence-corrected chi connectivity index (χ0v) is 12.3. The zero-order valence-electron chi connectivity index (χ0n) is 11.6. The highest BCUT2D eigenvalue weighted by molar-refractivity contribution is 6.28. The molecule has 3 rings (SSSR count). The fourth-order valence-corrected chi connectivity index (χ4v) is 2.05. The van der Waals surface area contributed by atoms with E-state index >= 15 is 0 Å². The first-order valence-electron chi connectivity index (χ1n) is 6.27. The zero-order chi connectivity index (χ0) is 14.8. The monoisotopic (exact) mass is 304 g/mol. The Morgan fingerprint density at radius 3 is 2.86 bits per heavy atom. The van der Waals surface area contributed by atoms with Crippen LogP contribution >= 0.6 is 11.6 Å². The van der Waals surface area contributed by atoms with Crippen LogP contribution in [-0.4, -0.2) is 31.6 Å². The first-order valence-corrected chi connectivity index (χ1v) is 6.65. The highest BCUT2D eigenvalue weighted by Gasteiger charge is 2.12. The lowest BCUT2D eigenvalue weighted by atomic mass is 10.2. The summed E-state index contributed by atoms with van der Waals surface area (Å²) in [6, 6.07) is 1.92. The summed E-state index contributed by atoms with van der Waals surface area (Å²) in [6.45, 7) is 2.53. The van der Waals surface area contributed by atoms with E-state index in [2.05, 4.69) is 19.9 Å². The molecule has 21 heavy (non-hydrogen) atoms. The van der Waals surface area contributed by atoms with E-state index in [0.29, 0.717) is 18.4 Å². The van der Waals surface area contributed by atoms with Crippen molar-refractivity contribution in [2.24, 2.45) is 0 Å². The van der Waals surface area contributed by atoms with Crippen molar-refractivity contribution in [2.75, 3.05) is 11.9 Å². The summed E-state index contributed by atoms with van der Waals surface area (Å²) in [6.07, 6.45) is 6.66. The van der Waals surface area contributed by atoms with Crippen LogP contribution in [0.15, 0.2) is 35.5 Å². The number of aromatic nitrogens is 5. The van der Waals surface area contributed by atoms with Crippen LogP contribution < -0.4 is 4.90 Å². The van der Waals surface area contributed by atoms with Gasteiger partial charge in [0.25, 0.3) is 0 Å². The van der Waals surface area contributed by atoms with Crippen LogP contribution in [0.3, 0.4) is 0 Å². The molecule has 0 N–H and O–H groups in total. The molecule has 8 heteroatoms. The van der Waals surface area contributed by atoms with Crippen molar-refractivity contribution in [3.63, 3.8) is 0 Å². The van der Waals surface area contributed by atoms with E-state index in [1.54, 1.807) is 29.6 Å². The SMILES string of the molecule is Cc1occc1CN(C)c1nc(Cl)nc(-n2ccnc2)n1. The van der Waals surface area contributed by atoms with Crippen molar-refractivity contribution >= 4 is 17.5 Å². The molecule has 0 atom stereocenters. The van der Waals surface area contributed by atoms with Gasteiger partial charge in [-0.1, -0.05) is 0 Å². The summed E-state index contributed by atoms with van der Waals surface area (Å²) in [7, 11) is 1.88. The van der Waals surface area contributed by atoms with Gasteiger partial charge in [-0.2, -0.15) is 15.0 Å². The molecule has 0 aliphatic carbocycles. The number of hydrogen-bond donors (Lipinski definition) is 0. The third kappa shape index (κ3) is 2.87. The Labute approximate surface area is 126 Å². The molecule has 0 amide bonds. The minimum absolute atomic E-state index is 0.138. The molecule has 0 saturated carbocycles. The molecule has 0 aliphatic heterocycles. The van der Waals surface area contributed by atoms with Crippen molar-refractivity contribution in [1.29, 1.82) is 0 Å². The quantitative estimate of drug-likeness (QED) is 0.736. The Morgan fingerprint density at radius 2 is 2.19 bits per heavy atom. The Kier molecular flexibility index (Phi) is 3.57. The van der Waals surface area contributed by atoms with Gasteiger partial charge in [0.2, 0.25) is 17.2 Å². The standard InChI is InChI=1S/C13H13ClN6O/c1-9-10(3-6-21-9)7-19(2)12-16-11(14)17-13(18-12)20-5-4-15-8-20/h3-6,8H,7H2,1-2H3. The lowest BCUT2D eigenvalue weighted by molar-refractivity contribution is 0.529. The minimum atomic E-state index is 0.138. The van der Waals surface area contributed by atoms with Crippen LogP contribution in [0.5, 0.6) is 0 Å². The maximum atomic E-state index is 5.98. The summed E-state index contributed by atoms with van der Waals surface area (Å²) < 4.78 is 6.96. The number of rotatable bonds is 4. The third-order valence-corrected chi connectivity index (χ3v) is 3.20. The molecular formula is C13H13ClN6O. The second kappa shape index (κ2) is 5.53. The summed E-state index contributed by atoms with van der Waals surface area (Å²) in [5, 5.41) is 0.138. The molecule has 0 spiro atoms. The molecule has 0 radical (unpaired) electrons. The molecule has 0 bridgehead atoms. The van der Waals surface area contributed by atoms with Crippen LogP contribution in [0.25, 0.3) is 5.95 Å². The average Bonchev–Trinajstić information content (AvgIpc) is 3.11. The number of aryl methyl sites for hydroxylation is 1. The first kappa shape index (κ1) is 13.6. The van der Waals surface area contributed by atoms with Gasteiger partial charge in [0.05, 0.1) is 6.26 Å². The Morgan fingerprint density at radius 1 is 1.33 bits per heavy atom. The summed E-state index contributed by atoms with van der Waals surface area (Å²) >= 11 is 5.98. The van der Waals surface area contributed by atoms with Gasteiger partial charge >= 0.3 is 0 Å². The Hall–Kier alpha value is -2.41. The van der Waals surface area contributed by atoms with Crippen molar-refractivity contribution in [2.45, 2.75) is 13.5 Å². The highest BCUT2D eigenvalue weighted by Crippen LogP contribution is 2.17. The predicted octanol–water partition coefficient (Wildman–Crippen LogP) is 2.25. The van der Waals surface area contributed by atoms with Crippen molar-refractivity contribution in [1.82, 2.24) is 24.5 Å². The van der Waals surface area contributed by atoms with E-state index in [4.69, 9.17) is 16.0 Å². The molecule has 0 saturated heterocycles. The average molecular weight is 305 g/mol. The normalized spacial score (nSPS) is 10.8. The predicted molar refractivity (Wildman–Crippen MR) is 77.5 cm³/mol. The van der Waals surface area contributed by atoms with E-state index < -0.39 is 0 Å². The molecular weight excluding hydrogens is 292 g/mol. The molecule has 0 aromatic carbocycles. The molecule has 0 unspecified atom stereocenters. The third-order valence-electron chi connectivity index (χ3n) is 3.04. The highest BCUT2D eigenvalue weighted by atomic mass is 35.5. The van der Waals surface area contributed by atoms with Gasteiger partial charge in [-0.15, -0.1) is 0 Å². The summed E-state index contributed by atoms with van der Waals surface area (Å²) in [4.78, 5) is 18.5. The number of nitrogens with zero attached hydrogens (tertiary/aromatic N) is 6. The molecule has 3 heterocycles. The molecule has 108 valence electrons. The minimum Gasteiger partial charge on any atom is -0.469 e. The van der Waals surface area contributed by atoms with Gasteiger partial charge in [-0.3, -0.25) is 4.57 Å². The first-order chi connectivity index (χ1) is 10.1. The van der Waals surface area contributed by atoms with E-state index in [-0.39, 0.29) is 5.28 Å². The van der Waals surface area contributed by atoms with Gasteiger partial charge in [0, 0.05) is 31.5 Å². The van der Waals surface area contributed by atoms with Crippen molar-refractivity contribution in [3.05, 3.63) is 47.7 Å². The van der Waals surface area contributed by atoms with Gasteiger partial charge in [-0.25, -0.2) is 4.98 Å². The van der Waals surface area contributed by atoms with Crippen LogP contribution in [-0.2, 0) is 6.54 Å². The molecule has 7 nitrogen and oxygen atoms in total. The largest absolute Gasteiger partial charge is 0.469 e. The fourth-order valence-electron chi connectivity index (χ4n) is 1.89. The van der Waals surface area contributed by atoms with Crippen LogP contribution in [0, 0.1) is 6.92 Å². The van der Waals surface area contributed by atoms with Crippen LogP contribution in [0.1, 0.15) is 11.3 Å². The number of furan rings is 1. The lowest BCUT2D eigenvalue weighted by Gasteiger charge is -2.17. The van der Waals surface area contributed by atoms with Crippen molar-refractivity contribution in [3.8, 4) is 5.95 Å². The van der Waals surface area contributed by atoms with Gasteiger partial charge in [0.15, 0.2) is 0 Å². The Balaban J connectivity index is 1.89. The van der Waals surface area contributed by atoms with Gasteiger partial charge in [0.1, 0.15) is 12.1 Å². The summed E-state index contributed by atoms with van der Waals surface area (Å²) in [5.74, 6) is 1.79. The maximum absolute atomic E-state index is 5.98. The number of imidazole rings is 1. The molecule has 0 fully saturated rings. The van der Waals surface area contributed by atoms with Gasteiger partial charge in [-0.05, 0) is 24.6 Å². The van der Waals surface area contributed by atoms with E-state index in [1.807, 2.05) is 24.9 Å². The summed E-state index contributed by atoms with van der Waals surface area (Å²) in [5.41, 5.74) is 1.07. The maximum Gasteiger partial charge on any atom is 0.241 e. The van der Waals surface area contributed by atoms with E-state index in [0.717, 1.165) is 11.3 Å². The van der Waals surface area contributed by atoms with E-state index in [9.17, 15) is 0 Å². The van der Waals surface area contributed by atoms with Crippen molar-refractivity contribution < 1.29 is 4.42 Å². The Bertz CT molecular complexity index is 739. The second-order valence-electron chi connectivity index (χ2n) is 4.53. The van der Waals surface area contributed by atoms with Crippen LogP contribution in [0.2, 0.25) is 5.28 Å². The van der Waals surface area contributed by atoms with E-state index in [1.165, 1.54) is 0 Å². The van der Waals surface area contributed by atoms with Gasteiger partial charge < -0.3 is 9.32 Å². The molecule has 3 aromatic rings. The number of halogens is 1. The smallest absolute Gasteiger partial charge is 0.241 e. The number of hydrogen-bond acceptors (Lipinski definition) is 6. The molecule has 0 aliphatic rings. The second-order valence-corrected chi connectivity index (χ2v) is 4.87.